The molecule has 4 heteroatoms. The number of thiophene rings is 1. The third kappa shape index (κ3) is 4.48. The summed E-state index contributed by atoms with van der Waals surface area (Å²) in [6.45, 7) is 7.38. The molecular formula is C13H22N2OS. The van der Waals surface area contributed by atoms with Crippen LogP contribution in [0.4, 0.5) is 0 Å². The summed E-state index contributed by atoms with van der Waals surface area (Å²) in [5, 5.41) is 3.19. The summed E-state index contributed by atoms with van der Waals surface area (Å²) in [5.41, 5.74) is 0. The van der Waals surface area contributed by atoms with Crippen molar-refractivity contribution < 1.29 is 4.79 Å². The average Bonchev–Trinajstić information content (AvgIpc) is 2.75. The van der Waals surface area contributed by atoms with Crippen molar-refractivity contribution in [3.8, 4) is 0 Å². The maximum atomic E-state index is 11.7. The molecule has 0 fully saturated rings. The largest absolute Gasteiger partial charge is 0.342 e. The SMILES string of the molecule is CCc1ccc(CNCC(=O)N(C)C(C)C)s1. The van der Waals surface area contributed by atoms with E-state index in [4.69, 9.17) is 0 Å². The lowest BCUT2D eigenvalue weighted by molar-refractivity contribution is -0.130. The summed E-state index contributed by atoms with van der Waals surface area (Å²) < 4.78 is 0. The molecular weight excluding hydrogens is 232 g/mol. The van der Waals surface area contributed by atoms with Crippen LogP contribution >= 0.6 is 11.3 Å². The van der Waals surface area contributed by atoms with Crippen molar-refractivity contribution in [1.29, 1.82) is 0 Å². The van der Waals surface area contributed by atoms with Crippen molar-refractivity contribution in [2.24, 2.45) is 0 Å². The zero-order valence-corrected chi connectivity index (χ0v) is 11.9. The Morgan fingerprint density at radius 1 is 1.41 bits per heavy atom. The predicted molar refractivity (Wildman–Crippen MR) is 73.3 cm³/mol. The number of nitrogens with one attached hydrogen (secondary N) is 1. The van der Waals surface area contributed by atoms with Crippen molar-refractivity contribution >= 4 is 17.2 Å². The van der Waals surface area contributed by atoms with Gasteiger partial charge in [0.25, 0.3) is 0 Å². The van der Waals surface area contributed by atoms with Crippen LogP contribution in [0, 0.1) is 0 Å². The minimum Gasteiger partial charge on any atom is -0.342 e. The number of aryl methyl sites for hydroxylation is 1. The van der Waals surface area contributed by atoms with Crippen molar-refractivity contribution in [3.05, 3.63) is 21.9 Å². The van der Waals surface area contributed by atoms with E-state index in [0.717, 1.165) is 13.0 Å². The van der Waals surface area contributed by atoms with Gasteiger partial charge in [0.05, 0.1) is 6.54 Å². The Kier molecular flexibility index (Phi) is 5.65. The molecule has 3 nitrogen and oxygen atoms in total. The van der Waals surface area contributed by atoms with Gasteiger partial charge in [0.2, 0.25) is 5.91 Å². The van der Waals surface area contributed by atoms with E-state index in [1.807, 2.05) is 32.2 Å². The second-order valence-electron chi connectivity index (χ2n) is 4.42. The second kappa shape index (κ2) is 6.77. The lowest BCUT2D eigenvalue weighted by Gasteiger charge is -2.21. The third-order valence-electron chi connectivity index (χ3n) is 2.81. The van der Waals surface area contributed by atoms with Crippen LogP contribution in [0.2, 0.25) is 0 Å². The highest BCUT2D eigenvalue weighted by Gasteiger charge is 2.10. The van der Waals surface area contributed by atoms with Gasteiger partial charge in [-0.25, -0.2) is 0 Å². The summed E-state index contributed by atoms with van der Waals surface area (Å²) >= 11 is 1.81. The monoisotopic (exact) mass is 254 g/mol. The Morgan fingerprint density at radius 3 is 2.59 bits per heavy atom. The molecule has 0 bridgehead atoms. The molecule has 0 radical (unpaired) electrons. The maximum absolute atomic E-state index is 11.7. The lowest BCUT2D eigenvalue weighted by atomic mass is 10.3. The fourth-order valence-corrected chi connectivity index (χ4v) is 2.34. The average molecular weight is 254 g/mol. The number of nitrogens with zero attached hydrogens (tertiary/aromatic N) is 1. The van der Waals surface area contributed by atoms with Gasteiger partial charge in [0, 0.05) is 29.4 Å². The van der Waals surface area contributed by atoms with Crippen LogP contribution in [-0.2, 0) is 17.8 Å². The van der Waals surface area contributed by atoms with Crippen molar-refractivity contribution in [2.45, 2.75) is 39.8 Å². The molecule has 0 aliphatic rings. The Bertz CT molecular complexity index is 360. The molecule has 96 valence electrons. The first-order chi connectivity index (χ1) is 8.04. The first-order valence-electron chi connectivity index (χ1n) is 6.08. The molecule has 0 spiro atoms. The van der Waals surface area contributed by atoms with Crippen LogP contribution in [-0.4, -0.2) is 30.4 Å². The van der Waals surface area contributed by atoms with Gasteiger partial charge in [-0.2, -0.15) is 0 Å². The van der Waals surface area contributed by atoms with Crippen molar-refractivity contribution in [3.63, 3.8) is 0 Å². The highest BCUT2D eigenvalue weighted by molar-refractivity contribution is 7.11. The molecule has 0 atom stereocenters. The first kappa shape index (κ1) is 14.2. The molecule has 1 N–H and O–H groups in total. The number of likely N-dealkylation sites (N-methyl/N-ethyl adjacent to an activating group) is 1. The summed E-state index contributed by atoms with van der Waals surface area (Å²) in [4.78, 5) is 16.2. The van der Waals surface area contributed by atoms with E-state index in [1.165, 1.54) is 9.75 Å². The molecule has 0 aliphatic heterocycles. The van der Waals surface area contributed by atoms with Gasteiger partial charge >= 0.3 is 0 Å². The second-order valence-corrected chi connectivity index (χ2v) is 5.68. The van der Waals surface area contributed by atoms with Gasteiger partial charge < -0.3 is 10.2 Å². The van der Waals surface area contributed by atoms with Crippen LogP contribution in [0.25, 0.3) is 0 Å². The number of hydrogen-bond donors (Lipinski definition) is 1. The quantitative estimate of drug-likeness (QED) is 0.844. The number of amides is 1. The molecule has 1 heterocycles. The van der Waals surface area contributed by atoms with Crippen LogP contribution in [0.1, 0.15) is 30.5 Å². The van der Waals surface area contributed by atoms with Crippen LogP contribution < -0.4 is 5.32 Å². The number of rotatable bonds is 6. The molecule has 1 rings (SSSR count). The van der Waals surface area contributed by atoms with Crippen LogP contribution in [0.5, 0.6) is 0 Å². The van der Waals surface area contributed by atoms with Crippen LogP contribution in [0.15, 0.2) is 12.1 Å². The Hall–Kier alpha value is -0.870. The van der Waals surface area contributed by atoms with Gasteiger partial charge in [-0.3, -0.25) is 4.79 Å². The van der Waals surface area contributed by atoms with Crippen molar-refractivity contribution in [1.82, 2.24) is 10.2 Å². The first-order valence-corrected chi connectivity index (χ1v) is 6.90. The summed E-state index contributed by atoms with van der Waals surface area (Å²) in [6.07, 6.45) is 1.08. The number of carbonyl (C=O) groups is 1. The number of carbonyl (C=O) groups excluding carboxylic acids is 1. The van der Waals surface area contributed by atoms with Crippen molar-refractivity contribution in [2.75, 3.05) is 13.6 Å². The molecule has 1 aromatic heterocycles. The molecule has 0 unspecified atom stereocenters. The molecule has 17 heavy (non-hydrogen) atoms. The van der Waals surface area contributed by atoms with E-state index in [0.29, 0.717) is 6.54 Å². The fourth-order valence-electron chi connectivity index (χ4n) is 1.41. The standard InChI is InChI=1S/C13H22N2OS/c1-5-11-6-7-12(17-11)8-14-9-13(16)15(4)10(2)3/h6-7,10,14H,5,8-9H2,1-4H3. The zero-order valence-electron chi connectivity index (χ0n) is 11.1. The zero-order chi connectivity index (χ0) is 12.8. The molecule has 0 saturated heterocycles. The molecule has 0 saturated carbocycles. The number of hydrogen-bond acceptors (Lipinski definition) is 3. The van der Waals surface area contributed by atoms with Gasteiger partial charge in [-0.1, -0.05) is 6.92 Å². The smallest absolute Gasteiger partial charge is 0.236 e. The Morgan fingerprint density at radius 2 is 2.06 bits per heavy atom. The minimum atomic E-state index is 0.146. The van der Waals surface area contributed by atoms with E-state index in [9.17, 15) is 4.79 Å². The van der Waals surface area contributed by atoms with Gasteiger partial charge in [-0.15, -0.1) is 11.3 Å². The maximum Gasteiger partial charge on any atom is 0.236 e. The molecule has 1 aromatic rings. The minimum absolute atomic E-state index is 0.146. The molecule has 0 aromatic carbocycles. The highest BCUT2D eigenvalue weighted by Crippen LogP contribution is 2.16. The van der Waals surface area contributed by atoms with E-state index in [1.54, 1.807) is 4.90 Å². The van der Waals surface area contributed by atoms with E-state index >= 15 is 0 Å². The summed E-state index contributed by atoms with van der Waals surface area (Å²) in [6, 6.07) is 4.55. The summed E-state index contributed by atoms with van der Waals surface area (Å²) in [7, 11) is 1.84. The third-order valence-corrected chi connectivity index (χ3v) is 4.04. The van der Waals surface area contributed by atoms with E-state index < -0.39 is 0 Å². The summed E-state index contributed by atoms with van der Waals surface area (Å²) in [5.74, 6) is 0.146. The topological polar surface area (TPSA) is 32.3 Å². The van der Waals surface area contributed by atoms with Gasteiger partial charge in [0.15, 0.2) is 0 Å². The van der Waals surface area contributed by atoms with E-state index in [2.05, 4.69) is 24.4 Å². The predicted octanol–water partition coefficient (Wildman–Crippen LogP) is 2.27. The van der Waals surface area contributed by atoms with E-state index in [-0.39, 0.29) is 11.9 Å². The van der Waals surface area contributed by atoms with Gasteiger partial charge in [-0.05, 0) is 32.4 Å². The van der Waals surface area contributed by atoms with Gasteiger partial charge in [0.1, 0.15) is 0 Å². The fraction of sp³-hybridized carbons (Fsp3) is 0.615. The molecule has 1 amide bonds. The Labute approximate surface area is 108 Å². The lowest BCUT2D eigenvalue weighted by Crippen LogP contribution is -2.39. The molecule has 0 aliphatic carbocycles. The normalized spacial score (nSPS) is 10.9. The Balaban J connectivity index is 2.30. The van der Waals surface area contributed by atoms with Crippen LogP contribution in [0.3, 0.4) is 0 Å². The highest BCUT2D eigenvalue weighted by atomic mass is 32.1.